The maximum atomic E-state index is 11.0. The van der Waals surface area contributed by atoms with Crippen molar-refractivity contribution in [1.29, 1.82) is 0 Å². The van der Waals surface area contributed by atoms with E-state index in [1.807, 2.05) is 11.4 Å². The zero-order chi connectivity index (χ0) is 9.42. The lowest BCUT2D eigenvalue weighted by Gasteiger charge is -1.97. The van der Waals surface area contributed by atoms with Crippen molar-refractivity contribution in [3.63, 3.8) is 0 Å². The number of hydrogen-bond acceptors (Lipinski definition) is 3. The van der Waals surface area contributed by atoms with Crippen LogP contribution in [0.3, 0.4) is 0 Å². The minimum atomic E-state index is -0.475. The first kappa shape index (κ1) is 8.47. The number of nitrogens with two attached hydrogens (primary N) is 1. The zero-order valence-corrected chi connectivity index (χ0v) is 8.02. The van der Waals surface area contributed by atoms with E-state index in [0.29, 0.717) is 10.7 Å². The van der Waals surface area contributed by atoms with Crippen LogP contribution in [0.5, 0.6) is 0 Å². The van der Waals surface area contributed by atoms with Gasteiger partial charge in [0.05, 0.1) is 10.3 Å². The van der Waals surface area contributed by atoms with Gasteiger partial charge in [0.1, 0.15) is 5.15 Å². The Labute approximate surface area is 83.1 Å². The maximum Gasteiger partial charge on any atom is 0.251 e. The molecular weight excluding hydrogens is 208 g/mol. The Kier molecular flexibility index (Phi) is 1.94. The highest BCUT2D eigenvalue weighted by Crippen LogP contribution is 2.28. The molecule has 0 fully saturated rings. The van der Waals surface area contributed by atoms with E-state index in [4.69, 9.17) is 17.3 Å². The number of hydrogen-bond donors (Lipinski definition) is 1. The molecule has 3 nitrogen and oxygen atoms in total. The average molecular weight is 213 g/mol. The molecule has 2 aromatic rings. The van der Waals surface area contributed by atoms with E-state index >= 15 is 0 Å². The largest absolute Gasteiger partial charge is 0.366 e. The summed E-state index contributed by atoms with van der Waals surface area (Å²) in [7, 11) is 0. The van der Waals surface area contributed by atoms with Gasteiger partial charge >= 0.3 is 0 Å². The molecule has 2 rings (SSSR count). The predicted molar refractivity (Wildman–Crippen MR) is 53.1 cm³/mol. The summed E-state index contributed by atoms with van der Waals surface area (Å²) in [6.45, 7) is 0. The Morgan fingerprint density at radius 2 is 2.38 bits per heavy atom. The molecule has 2 aromatic heterocycles. The van der Waals surface area contributed by atoms with Crippen LogP contribution in [0.25, 0.3) is 10.1 Å². The molecule has 0 saturated heterocycles. The molecule has 0 aromatic carbocycles. The molecule has 0 radical (unpaired) electrons. The van der Waals surface area contributed by atoms with Gasteiger partial charge in [-0.1, -0.05) is 11.6 Å². The minimum Gasteiger partial charge on any atom is -0.366 e. The van der Waals surface area contributed by atoms with Crippen molar-refractivity contribution in [1.82, 2.24) is 4.98 Å². The molecule has 13 heavy (non-hydrogen) atoms. The van der Waals surface area contributed by atoms with Crippen molar-refractivity contribution in [2.24, 2.45) is 5.73 Å². The number of aromatic nitrogens is 1. The lowest BCUT2D eigenvalue weighted by molar-refractivity contribution is 0.100. The lowest BCUT2D eigenvalue weighted by atomic mass is 10.2. The highest BCUT2D eigenvalue weighted by molar-refractivity contribution is 7.17. The number of carbonyl (C=O) groups is 1. The average Bonchev–Trinajstić information content (AvgIpc) is 2.53. The summed E-state index contributed by atoms with van der Waals surface area (Å²) < 4.78 is 0.799. The molecule has 1 amide bonds. The van der Waals surface area contributed by atoms with E-state index in [0.717, 1.165) is 10.1 Å². The summed E-state index contributed by atoms with van der Waals surface area (Å²) in [5.74, 6) is -0.475. The number of nitrogens with zero attached hydrogens (tertiary/aromatic N) is 1. The van der Waals surface area contributed by atoms with Crippen molar-refractivity contribution in [3.05, 3.63) is 28.4 Å². The van der Waals surface area contributed by atoms with Gasteiger partial charge in [0, 0.05) is 11.6 Å². The molecular formula is C8H5ClN2OS. The highest BCUT2D eigenvalue weighted by atomic mass is 35.5. The fraction of sp³-hybridized carbons (Fsp3) is 0. The Hall–Kier alpha value is -1.13. The van der Waals surface area contributed by atoms with Crippen LogP contribution in [-0.2, 0) is 0 Å². The number of amides is 1. The molecule has 66 valence electrons. The monoisotopic (exact) mass is 212 g/mol. The summed E-state index contributed by atoms with van der Waals surface area (Å²) in [6, 6.07) is 1.82. The van der Waals surface area contributed by atoms with Crippen molar-refractivity contribution < 1.29 is 4.79 Å². The Morgan fingerprint density at radius 1 is 1.62 bits per heavy atom. The van der Waals surface area contributed by atoms with Gasteiger partial charge in [0.2, 0.25) is 0 Å². The normalized spacial score (nSPS) is 10.5. The number of halogens is 1. The van der Waals surface area contributed by atoms with Crippen molar-refractivity contribution in [2.75, 3.05) is 0 Å². The van der Waals surface area contributed by atoms with Gasteiger partial charge < -0.3 is 5.73 Å². The van der Waals surface area contributed by atoms with E-state index in [9.17, 15) is 4.79 Å². The van der Waals surface area contributed by atoms with Gasteiger partial charge in [0.25, 0.3) is 5.91 Å². The quantitative estimate of drug-likeness (QED) is 0.736. The van der Waals surface area contributed by atoms with Crippen molar-refractivity contribution in [3.8, 4) is 0 Å². The van der Waals surface area contributed by atoms with Gasteiger partial charge in [-0.15, -0.1) is 11.3 Å². The maximum absolute atomic E-state index is 11.0. The van der Waals surface area contributed by atoms with E-state index in [1.165, 1.54) is 17.5 Å². The van der Waals surface area contributed by atoms with Crippen LogP contribution in [0.15, 0.2) is 17.6 Å². The molecule has 0 unspecified atom stereocenters. The van der Waals surface area contributed by atoms with Crippen LogP contribution in [0, 0.1) is 0 Å². The van der Waals surface area contributed by atoms with Crippen molar-refractivity contribution >= 4 is 38.9 Å². The first-order valence-electron chi connectivity index (χ1n) is 3.51. The van der Waals surface area contributed by atoms with Gasteiger partial charge in [-0.25, -0.2) is 4.98 Å². The van der Waals surface area contributed by atoms with E-state index < -0.39 is 5.91 Å². The van der Waals surface area contributed by atoms with Gasteiger partial charge in [-0.2, -0.15) is 0 Å². The Bertz CT molecular complexity index is 480. The predicted octanol–water partition coefficient (Wildman–Crippen LogP) is 2.05. The van der Waals surface area contributed by atoms with Gasteiger partial charge in [-0.05, 0) is 11.4 Å². The summed E-state index contributed by atoms with van der Waals surface area (Å²) in [5, 5.41) is 3.04. The molecule has 0 spiro atoms. The summed E-state index contributed by atoms with van der Waals surface area (Å²) >= 11 is 7.25. The number of pyridine rings is 1. The first-order valence-corrected chi connectivity index (χ1v) is 4.77. The topological polar surface area (TPSA) is 56.0 Å². The number of fused-ring (bicyclic) bond motifs is 1. The molecule has 2 N–H and O–H groups in total. The van der Waals surface area contributed by atoms with Crippen molar-refractivity contribution in [2.45, 2.75) is 0 Å². The second kappa shape index (κ2) is 2.97. The molecule has 0 aliphatic heterocycles. The van der Waals surface area contributed by atoms with Crippen LogP contribution in [0.2, 0.25) is 5.15 Å². The highest BCUT2D eigenvalue weighted by Gasteiger charge is 2.10. The van der Waals surface area contributed by atoms with Crippen LogP contribution in [0.1, 0.15) is 10.4 Å². The summed E-state index contributed by atoms with van der Waals surface area (Å²) in [4.78, 5) is 14.8. The second-order valence-corrected chi connectivity index (χ2v) is 3.76. The minimum absolute atomic E-state index is 0.404. The molecule has 5 heteroatoms. The second-order valence-electron chi connectivity index (χ2n) is 2.49. The molecule has 0 saturated carbocycles. The smallest absolute Gasteiger partial charge is 0.251 e. The number of thiophene rings is 1. The standard InChI is InChI=1S/C8H5ClN2OS/c9-7-4-1-2-13-6(4)5(3-11-7)8(10)12/h1-3H,(H2,10,12). The first-order chi connectivity index (χ1) is 6.20. The number of carbonyl (C=O) groups excluding carboxylic acids is 1. The fourth-order valence-corrected chi connectivity index (χ4v) is 2.28. The van der Waals surface area contributed by atoms with E-state index in [2.05, 4.69) is 4.98 Å². The lowest BCUT2D eigenvalue weighted by Crippen LogP contribution is -2.11. The third kappa shape index (κ3) is 1.28. The number of primary amides is 1. The van der Waals surface area contributed by atoms with Gasteiger partial charge in [0.15, 0.2) is 0 Å². The molecule has 0 atom stereocenters. The van der Waals surface area contributed by atoms with Crippen LogP contribution in [0.4, 0.5) is 0 Å². The number of rotatable bonds is 1. The van der Waals surface area contributed by atoms with E-state index in [-0.39, 0.29) is 0 Å². The van der Waals surface area contributed by atoms with Crippen LogP contribution >= 0.6 is 22.9 Å². The molecule has 0 bridgehead atoms. The Morgan fingerprint density at radius 3 is 3.08 bits per heavy atom. The summed E-state index contributed by atoms with van der Waals surface area (Å²) in [6.07, 6.45) is 1.41. The third-order valence-corrected chi connectivity index (χ3v) is 2.95. The van der Waals surface area contributed by atoms with Crippen LogP contribution in [-0.4, -0.2) is 10.9 Å². The third-order valence-electron chi connectivity index (χ3n) is 1.70. The SMILES string of the molecule is NC(=O)c1cnc(Cl)c2ccsc12. The van der Waals surface area contributed by atoms with E-state index in [1.54, 1.807) is 0 Å². The molecule has 0 aliphatic rings. The zero-order valence-electron chi connectivity index (χ0n) is 6.45. The Balaban J connectivity index is 2.86. The molecule has 0 aliphatic carbocycles. The van der Waals surface area contributed by atoms with Gasteiger partial charge in [-0.3, -0.25) is 4.79 Å². The molecule has 2 heterocycles. The van der Waals surface area contributed by atoms with Crippen LogP contribution < -0.4 is 5.73 Å². The summed E-state index contributed by atoms with van der Waals surface area (Å²) in [5.41, 5.74) is 5.60. The fourth-order valence-electron chi connectivity index (χ4n) is 1.11.